The molecule has 26 heavy (non-hydrogen) atoms. The number of hydrogen-bond acceptors (Lipinski definition) is 6. The smallest absolute Gasteiger partial charge is 0.325 e. The number of carbonyl (C=O) groups excluding carboxylic acids is 2. The lowest BCUT2D eigenvalue weighted by Gasteiger charge is -2.42. The van der Waals surface area contributed by atoms with Crippen molar-refractivity contribution in [2.75, 3.05) is 13.1 Å². The van der Waals surface area contributed by atoms with Gasteiger partial charge in [-0.25, -0.2) is 9.59 Å². The average molecular weight is 372 g/mol. The molecular formula is C19H20N2O4S. The zero-order valence-electron chi connectivity index (χ0n) is 14.7. The molecule has 4 rings (SSSR count). The van der Waals surface area contributed by atoms with Crippen molar-refractivity contribution in [2.45, 2.75) is 37.6 Å². The van der Waals surface area contributed by atoms with Gasteiger partial charge in [-0.05, 0) is 51.1 Å². The number of hydrogen-bond donors (Lipinski definition) is 0. The van der Waals surface area contributed by atoms with Crippen LogP contribution in [-0.4, -0.2) is 36.0 Å². The van der Waals surface area contributed by atoms with Crippen LogP contribution in [0, 0.1) is 17.2 Å². The lowest BCUT2D eigenvalue weighted by Crippen LogP contribution is -2.41. The Bertz CT molecular complexity index is 857. The van der Waals surface area contributed by atoms with Crippen LogP contribution >= 0.6 is 10.6 Å². The van der Waals surface area contributed by atoms with E-state index in [-0.39, 0.29) is 5.92 Å². The summed E-state index contributed by atoms with van der Waals surface area (Å²) in [5, 5.41) is 9.45. The summed E-state index contributed by atoms with van der Waals surface area (Å²) in [6.45, 7) is 6.27. The molecule has 2 saturated heterocycles. The molecule has 0 amide bonds. The van der Waals surface area contributed by atoms with Crippen molar-refractivity contribution >= 4 is 28.6 Å². The molecule has 7 heteroatoms. The minimum atomic E-state index is -2.61. The van der Waals surface area contributed by atoms with E-state index in [4.69, 9.17) is 8.37 Å². The lowest BCUT2D eigenvalue weighted by atomic mass is 9.90. The molecule has 0 saturated carbocycles. The van der Waals surface area contributed by atoms with Crippen molar-refractivity contribution in [3.05, 3.63) is 34.2 Å². The standard InChI is InChI=1S/C19H20N2O4S/c1-3-21-8-7-13(9-12(21)2)17-10-15-14(11-20)5-4-6-16(15)26(17)24-18(22)19(23)25-26/h4-6,10,12-13H,3,7-9H2,1-2H3. The van der Waals surface area contributed by atoms with Crippen molar-refractivity contribution in [1.29, 1.82) is 5.26 Å². The predicted octanol–water partition coefficient (Wildman–Crippen LogP) is 3.13. The van der Waals surface area contributed by atoms with E-state index in [0.29, 0.717) is 22.1 Å². The molecule has 0 N–H and O–H groups in total. The fraction of sp³-hybridized carbons (Fsp3) is 0.421. The van der Waals surface area contributed by atoms with E-state index >= 15 is 0 Å². The molecule has 0 radical (unpaired) electrons. The van der Waals surface area contributed by atoms with Gasteiger partial charge in [0, 0.05) is 17.5 Å². The number of nitriles is 1. The van der Waals surface area contributed by atoms with E-state index in [9.17, 15) is 14.9 Å². The molecule has 0 aromatic heterocycles. The topological polar surface area (TPSA) is 79.6 Å². The average Bonchev–Trinajstić information content (AvgIpc) is 3.11. The number of nitrogens with zero attached hydrogens (tertiary/aromatic N) is 2. The van der Waals surface area contributed by atoms with Crippen LogP contribution in [0.5, 0.6) is 0 Å². The van der Waals surface area contributed by atoms with E-state index in [1.54, 1.807) is 18.2 Å². The maximum Gasteiger partial charge on any atom is 0.441 e. The Balaban J connectivity index is 1.79. The first kappa shape index (κ1) is 17.1. The first-order valence-electron chi connectivity index (χ1n) is 8.79. The molecule has 0 aliphatic carbocycles. The zero-order valence-corrected chi connectivity index (χ0v) is 15.5. The van der Waals surface area contributed by atoms with E-state index < -0.39 is 22.5 Å². The van der Waals surface area contributed by atoms with E-state index in [2.05, 4.69) is 24.8 Å². The summed E-state index contributed by atoms with van der Waals surface area (Å²) in [5.41, 5.74) is 1.22. The van der Waals surface area contributed by atoms with Crippen molar-refractivity contribution in [3.63, 3.8) is 0 Å². The summed E-state index contributed by atoms with van der Waals surface area (Å²) in [4.78, 5) is 27.7. The molecule has 1 spiro atoms. The second-order valence-corrected chi connectivity index (χ2v) is 9.07. The van der Waals surface area contributed by atoms with Crippen LogP contribution in [0.15, 0.2) is 28.0 Å². The van der Waals surface area contributed by atoms with Gasteiger partial charge >= 0.3 is 11.9 Å². The SMILES string of the molecule is CCN1CCC(C2=Cc3c(C#N)cccc3S23OC(=O)C(=O)O3)CC1C. The highest BCUT2D eigenvalue weighted by atomic mass is 32.3. The van der Waals surface area contributed by atoms with Gasteiger partial charge in [0.1, 0.15) is 0 Å². The van der Waals surface area contributed by atoms with Crippen molar-refractivity contribution in [1.82, 2.24) is 4.90 Å². The molecule has 2 fully saturated rings. The van der Waals surface area contributed by atoms with Gasteiger partial charge in [0.25, 0.3) is 0 Å². The van der Waals surface area contributed by atoms with Gasteiger partial charge < -0.3 is 13.3 Å². The van der Waals surface area contributed by atoms with Crippen LogP contribution in [0.25, 0.3) is 6.08 Å². The summed E-state index contributed by atoms with van der Waals surface area (Å²) >= 11 is 0. The number of likely N-dealkylation sites (tertiary alicyclic amines) is 1. The quantitative estimate of drug-likeness (QED) is 0.742. The third-order valence-corrected chi connectivity index (χ3v) is 8.23. The Labute approximate surface area is 154 Å². The minimum Gasteiger partial charge on any atom is -0.325 e. The highest BCUT2D eigenvalue weighted by Gasteiger charge is 2.52. The van der Waals surface area contributed by atoms with Crippen LogP contribution in [0.1, 0.15) is 37.8 Å². The third kappa shape index (κ3) is 2.37. The molecule has 1 aromatic carbocycles. The number of fused-ring (bicyclic) bond motifs is 2. The number of piperidine rings is 1. The van der Waals surface area contributed by atoms with Gasteiger partial charge in [-0.15, -0.1) is 0 Å². The second kappa shape index (κ2) is 6.15. The predicted molar refractivity (Wildman–Crippen MR) is 96.6 cm³/mol. The second-order valence-electron chi connectivity index (χ2n) is 6.82. The van der Waals surface area contributed by atoms with Gasteiger partial charge in [0.2, 0.25) is 0 Å². The first-order valence-corrected chi connectivity index (χ1v) is 10.3. The van der Waals surface area contributed by atoms with E-state index in [1.807, 2.05) is 6.08 Å². The summed E-state index contributed by atoms with van der Waals surface area (Å²) in [6.07, 6.45) is 3.73. The molecule has 136 valence electrons. The van der Waals surface area contributed by atoms with Crippen LogP contribution in [0.4, 0.5) is 0 Å². The van der Waals surface area contributed by atoms with Gasteiger partial charge in [0.05, 0.1) is 21.4 Å². The molecule has 2 unspecified atom stereocenters. The molecule has 6 nitrogen and oxygen atoms in total. The van der Waals surface area contributed by atoms with Crippen molar-refractivity contribution in [2.24, 2.45) is 5.92 Å². The number of carbonyl (C=O) groups is 2. The summed E-state index contributed by atoms with van der Waals surface area (Å²) in [6, 6.07) is 7.84. The Hall–Kier alpha value is -2.30. The van der Waals surface area contributed by atoms with Crippen LogP contribution in [0.3, 0.4) is 0 Å². The van der Waals surface area contributed by atoms with Crippen molar-refractivity contribution < 1.29 is 18.0 Å². The Morgan fingerprint density at radius 1 is 1.31 bits per heavy atom. The molecule has 0 bridgehead atoms. The van der Waals surface area contributed by atoms with Gasteiger partial charge in [0.15, 0.2) is 0 Å². The molecule has 3 aliphatic rings. The lowest BCUT2D eigenvalue weighted by molar-refractivity contribution is -0.150. The third-order valence-electron chi connectivity index (χ3n) is 5.45. The normalized spacial score (nSPS) is 28.1. The number of allylic oxidation sites excluding steroid dienone is 1. The number of benzene rings is 1. The summed E-state index contributed by atoms with van der Waals surface area (Å²) < 4.78 is 11.2. The Kier molecular flexibility index (Phi) is 4.05. The van der Waals surface area contributed by atoms with Crippen LogP contribution in [0.2, 0.25) is 0 Å². The minimum absolute atomic E-state index is 0.153. The maximum atomic E-state index is 11.9. The fourth-order valence-corrected chi connectivity index (χ4v) is 7.01. The van der Waals surface area contributed by atoms with E-state index in [0.717, 1.165) is 30.8 Å². The van der Waals surface area contributed by atoms with Crippen LogP contribution < -0.4 is 0 Å². The Morgan fingerprint density at radius 2 is 2.04 bits per heavy atom. The highest BCUT2D eigenvalue weighted by molar-refractivity contribution is 8.30. The number of rotatable bonds is 2. The highest BCUT2D eigenvalue weighted by Crippen LogP contribution is 2.74. The van der Waals surface area contributed by atoms with Crippen LogP contribution in [-0.2, 0) is 18.0 Å². The van der Waals surface area contributed by atoms with Gasteiger partial charge in [-0.1, -0.05) is 23.6 Å². The first-order chi connectivity index (χ1) is 12.5. The molecule has 3 heterocycles. The summed E-state index contributed by atoms with van der Waals surface area (Å²) in [7, 11) is -2.61. The molecule has 3 aliphatic heterocycles. The molecule has 1 aromatic rings. The monoisotopic (exact) mass is 372 g/mol. The Morgan fingerprint density at radius 3 is 2.65 bits per heavy atom. The largest absolute Gasteiger partial charge is 0.441 e. The molecule has 2 atom stereocenters. The molecular weight excluding hydrogens is 352 g/mol. The van der Waals surface area contributed by atoms with Gasteiger partial charge in [-0.2, -0.15) is 5.26 Å². The van der Waals surface area contributed by atoms with E-state index in [1.165, 1.54) is 0 Å². The summed E-state index contributed by atoms with van der Waals surface area (Å²) in [5.74, 6) is -1.74. The van der Waals surface area contributed by atoms with Crippen molar-refractivity contribution in [3.8, 4) is 6.07 Å². The van der Waals surface area contributed by atoms with Gasteiger partial charge in [-0.3, -0.25) is 0 Å². The maximum absolute atomic E-state index is 11.9. The fourth-order valence-electron chi connectivity index (χ4n) is 4.14. The zero-order chi connectivity index (χ0) is 18.5.